The Kier molecular flexibility index (Phi) is 9.58. The second-order valence-electron chi connectivity index (χ2n) is 8.46. The lowest BCUT2D eigenvalue weighted by molar-refractivity contribution is 0.0205. The van der Waals surface area contributed by atoms with Crippen molar-refractivity contribution >= 4 is 29.9 Å². The molecule has 0 saturated carbocycles. The first-order chi connectivity index (χ1) is 12.6. The number of hydrogen-bond donors (Lipinski definition) is 2. The first kappa shape index (κ1) is 23.2. The van der Waals surface area contributed by atoms with Crippen LogP contribution in [0.4, 0.5) is 0 Å². The van der Waals surface area contributed by atoms with Crippen LogP contribution in [-0.2, 0) is 0 Å². The molecule has 3 saturated heterocycles. The Morgan fingerprint density at radius 3 is 2.26 bits per heavy atom. The number of nitrogens with one attached hydrogen (secondary N) is 1. The van der Waals surface area contributed by atoms with Crippen LogP contribution >= 0.6 is 24.0 Å². The highest BCUT2D eigenvalue weighted by Gasteiger charge is 2.39. The zero-order valence-electron chi connectivity index (χ0n) is 17.3. The summed E-state index contributed by atoms with van der Waals surface area (Å²) in [5, 5.41) is 13.3. The van der Waals surface area contributed by atoms with Crippen LogP contribution in [-0.4, -0.2) is 96.8 Å². The number of aliphatic hydroxyl groups is 1. The van der Waals surface area contributed by atoms with Gasteiger partial charge in [-0.05, 0) is 78.7 Å². The molecule has 0 bridgehead atoms. The molecule has 0 aromatic heterocycles. The molecule has 2 N–H and O–H groups in total. The van der Waals surface area contributed by atoms with Crippen LogP contribution in [0.2, 0.25) is 0 Å². The van der Waals surface area contributed by atoms with E-state index < -0.39 is 0 Å². The van der Waals surface area contributed by atoms with Crippen molar-refractivity contribution < 1.29 is 5.11 Å². The smallest absolute Gasteiger partial charge is 0.193 e. The molecule has 0 amide bonds. The van der Waals surface area contributed by atoms with Gasteiger partial charge in [0.15, 0.2) is 5.96 Å². The van der Waals surface area contributed by atoms with Crippen molar-refractivity contribution in [3.63, 3.8) is 0 Å². The lowest BCUT2D eigenvalue weighted by atomic mass is 9.84. The van der Waals surface area contributed by atoms with Gasteiger partial charge < -0.3 is 20.2 Å². The summed E-state index contributed by atoms with van der Waals surface area (Å²) in [7, 11) is 2.24. The van der Waals surface area contributed by atoms with E-state index in [0.717, 1.165) is 45.0 Å². The summed E-state index contributed by atoms with van der Waals surface area (Å²) < 4.78 is 0. The summed E-state index contributed by atoms with van der Waals surface area (Å²) in [6, 6.07) is 0. The summed E-state index contributed by atoms with van der Waals surface area (Å²) in [5.74, 6) is 1.05. The maximum atomic E-state index is 9.81. The van der Waals surface area contributed by atoms with Crippen LogP contribution in [0.1, 0.15) is 51.9 Å². The summed E-state index contributed by atoms with van der Waals surface area (Å²) in [4.78, 5) is 12.7. The first-order valence-corrected chi connectivity index (χ1v) is 10.8. The molecule has 0 aromatic carbocycles. The minimum absolute atomic E-state index is 0. The van der Waals surface area contributed by atoms with Gasteiger partial charge in [-0.1, -0.05) is 6.42 Å². The van der Waals surface area contributed by atoms with E-state index in [4.69, 9.17) is 4.99 Å². The lowest BCUT2D eigenvalue weighted by Gasteiger charge is -2.49. The van der Waals surface area contributed by atoms with Gasteiger partial charge in [0.25, 0.3) is 0 Å². The highest BCUT2D eigenvalue weighted by atomic mass is 127. The Balaban J connectivity index is 0.00000261. The van der Waals surface area contributed by atoms with E-state index in [9.17, 15) is 5.11 Å². The Morgan fingerprint density at radius 2 is 1.67 bits per heavy atom. The fourth-order valence-corrected chi connectivity index (χ4v) is 4.70. The van der Waals surface area contributed by atoms with Gasteiger partial charge in [-0.25, -0.2) is 0 Å². The monoisotopic (exact) mass is 493 g/mol. The Morgan fingerprint density at radius 1 is 1.04 bits per heavy atom. The molecule has 3 fully saturated rings. The minimum Gasteiger partial charge on any atom is -0.393 e. The number of piperidine rings is 3. The standard InChI is InChI=1S/C20H39N5O.HI/c1-3-21-19(24-13-7-18(26)8-14-24)22-17-20(9-15-23(2)16-10-20)25-11-5-4-6-12-25;/h18,26H,3-17H2,1-2H3,(H,21,22);1H. The highest BCUT2D eigenvalue weighted by molar-refractivity contribution is 14.0. The van der Waals surface area contributed by atoms with E-state index >= 15 is 0 Å². The number of likely N-dealkylation sites (tertiary alicyclic amines) is 3. The van der Waals surface area contributed by atoms with Crippen LogP contribution in [0.5, 0.6) is 0 Å². The third-order valence-electron chi connectivity index (χ3n) is 6.57. The predicted molar refractivity (Wildman–Crippen MR) is 123 cm³/mol. The van der Waals surface area contributed by atoms with Gasteiger partial charge in [-0.2, -0.15) is 0 Å². The van der Waals surface area contributed by atoms with Crippen molar-refractivity contribution in [3.8, 4) is 0 Å². The molecule has 3 aliphatic rings. The van der Waals surface area contributed by atoms with Crippen LogP contribution in [0.15, 0.2) is 4.99 Å². The number of guanidine groups is 1. The Hall–Kier alpha value is -0.120. The topological polar surface area (TPSA) is 54.3 Å². The second-order valence-corrected chi connectivity index (χ2v) is 8.46. The molecule has 0 atom stereocenters. The molecule has 27 heavy (non-hydrogen) atoms. The first-order valence-electron chi connectivity index (χ1n) is 10.8. The normalized spacial score (nSPS) is 25.9. The van der Waals surface area contributed by atoms with Gasteiger partial charge >= 0.3 is 0 Å². The fourth-order valence-electron chi connectivity index (χ4n) is 4.70. The van der Waals surface area contributed by atoms with E-state index in [1.165, 1.54) is 58.3 Å². The van der Waals surface area contributed by atoms with Crippen molar-refractivity contribution in [3.05, 3.63) is 0 Å². The Labute approximate surface area is 182 Å². The molecule has 0 radical (unpaired) electrons. The van der Waals surface area contributed by atoms with Crippen molar-refractivity contribution in [2.75, 3.05) is 59.4 Å². The molecule has 7 heteroatoms. The minimum atomic E-state index is -0.136. The van der Waals surface area contributed by atoms with E-state index in [0.29, 0.717) is 0 Å². The highest BCUT2D eigenvalue weighted by Crippen LogP contribution is 2.31. The molecule has 3 aliphatic heterocycles. The second kappa shape index (κ2) is 11.2. The van der Waals surface area contributed by atoms with E-state index in [2.05, 4.69) is 34.0 Å². The number of nitrogens with zero attached hydrogens (tertiary/aromatic N) is 4. The van der Waals surface area contributed by atoms with Gasteiger partial charge in [-0.15, -0.1) is 24.0 Å². The third kappa shape index (κ3) is 6.18. The average molecular weight is 493 g/mol. The van der Waals surface area contributed by atoms with Crippen molar-refractivity contribution in [2.45, 2.75) is 63.5 Å². The van der Waals surface area contributed by atoms with Crippen LogP contribution in [0.25, 0.3) is 0 Å². The molecule has 0 spiro atoms. The van der Waals surface area contributed by atoms with Crippen molar-refractivity contribution in [1.82, 2.24) is 20.0 Å². The van der Waals surface area contributed by atoms with Crippen LogP contribution in [0.3, 0.4) is 0 Å². The number of aliphatic imine (C=N–C) groups is 1. The molecule has 3 rings (SSSR count). The molecule has 0 aliphatic carbocycles. The summed E-state index contributed by atoms with van der Waals surface area (Å²) in [6.45, 7) is 10.6. The molecule has 0 unspecified atom stereocenters. The van der Waals surface area contributed by atoms with Gasteiger partial charge in [0.1, 0.15) is 0 Å². The fraction of sp³-hybridized carbons (Fsp3) is 0.950. The van der Waals surface area contributed by atoms with Crippen molar-refractivity contribution in [1.29, 1.82) is 0 Å². The van der Waals surface area contributed by atoms with Gasteiger partial charge in [-0.3, -0.25) is 9.89 Å². The van der Waals surface area contributed by atoms with Gasteiger partial charge in [0, 0.05) is 25.2 Å². The lowest BCUT2D eigenvalue weighted by Crippen LogP contribution is -2.58. The summed E-state index contributed by atoms with van der Waals surface area (Å²) in [6.07, 6.45) is 8.09. The van der Waals surface area contributed by atoms with Crippen LogP contribution in [0, 0.1) is 0 Å². The third-order valence-corrected chi connectivity index (χ3v) is 6.57. The zero-order valence-corrected chi connectivity index (χ0v) is 19.7. The van der Waals surface area contributed by atoms with E-state index in [-0.39, 0.29) is 35.6 Å². The summed E-state index contributed by atoms with van der Waals surface area (Å²) in [5.41, 5.74) is 0.239. The molecule has 6 nitrogen and oxygen atoms in total. The number of hydrogen-bond acceptors (Lipinski definition) is 4. The number of rotatable bonds is 4. The Bertz CT molecular complexity index is 453. The quantitative estimate of drug-likeness (QED) is 0.357. The molecule has 0 aromatic rings. The predicted octanol–water partition coefficient (Wildman–Crippen LogP) is 1.98. The molecular formula is C20H40IN5O. The number of halogens is 1. The average Bonchev–Trinajstić information content (AvgIpc) is 2.68. The van der Waals surface area contributed by atoms with E-state index in [1.807, 2.05) is 0 Å². The van der Waals surface area contributed by atoms with Gasteiger partial charge in [0.05, 0.1) is 12.6 Å². The summed E-state index contributed by atoms with van der Waals surface area (Å²) >= 11 is 0. The largest absolute Gasteiger partial charge is 0.393 e. The molecule has 158 valence electrons. The SMILES string of the molecule is CCNC(=NCC1(N2CCCCC2)CCN(C)CC1)N1CCC(O)CC1.I. The van der Waals surface area contributed by atoms with Gasteiger partial charge in [0.2, 0.25) is 0 Å². The zero-order chi connectivity index (χ0) is 18.4. The van der Waals surface area contributed by atoms with E-state index in [1.54, 1.807) is 0 Å². The molecule has 3 heterocycles. The number of aliphatic hydroxyl groups excluding tert-OH is 1. The maximum Gasteiger partial charge on any atom is 0.193 e. The van der Waals surface area contributed by atoms with Crippen molar-refractivity contribution in [2.24, 2.45) is 4.99 Å². The maximum absolute atomic E-state index is 9.81. The molecular weight excluding hydrogens is 453 g/mol. The van der Waals surface area contributed by atoms with Crippen LogP contribution < -0.4 is 5.32 Å².